The van der Waals surface area contributed by atoms with Crippen LogP contribution in [-0.2, 0) is 0 Å². The van der Waals surface area contributed by atoms with Gasteiger partial charge in [0.15, 0.2) is 0 Å². The third-order valence-electron chi connectivity index (χ3n) is 3.29. The minimum atomic E-state index is -0.437. The molecule has 1 atom stereocenters. The Morgan fingerprint density at radius 1 is 1.17 bits per heavy atom. The lowest BCUT2D eigenvalue weighted by molar-refractivity contribution is 0.0922. The molecule has 3 aromatic heterocycles. The molecule has 0 aliphatic rings. The van der Waals surface area contributed by atoms with Gasteiger partial charge < -0.3 is 9.73 Å². The van der Waals surface area contributed by atoms with Gasteiger partial charge in [0, 0.05) is 17.8 Å². The molecule has 3 heterocycles. The van der Waals surface area contributed by atoms with E-state index in [1.165, 1.54) is 4.40 Å². The summed E-state index contributed by atoms with van der Waals surface area (Å²) in [6.45, 7) is 7.52. The molecular weight excluding hydrogens is 298 g/mol. The Hall–Kier alpha value is -2.84. The molecule has 0 unspecified atom stereocenters. The summed E-state index contributed by atoms with van der Waals surface area (Å²) in [7, 11) is 0. The summed E-state index contributed by atoms with van der Waals surface area (Å²) >= 11 is 0. The number of hydrogen-bond donors (Lipinski definition) is 1. The van der Waals surface area contributed by atoms with E-state index in [0.717, 1.165) is 5.69 Å². The molecule has 1 amide bonds. The second-order valence-electron chi connectivity index (χ2n) is 5.59. The van der Waals surface area contributed by atoms with Crippen molar-refractivity contribution in [1.29, 1.82) is 0 Å². The van der Waals surface area contributed by atoms with Crippen LogP contribution in [0.3, 0.4) is 0 Å². The van der Waals surface area contributed by atoms with Crippen LogP contribution in [0.4, 0.5) is 0 Å². The van der Waals surface area contributed by atoms with Gasteiger partial charge in [0.05, 0.1) is 0 Å². The van der Waals surface area contributed by atoms with Crippen LogP contribution in [0.1, 0.15) is 60.8 Å². The van der Waals surface area contributed by atoms with Crippen LogP contribution in [0.25, 0.3) is 5.78 Å². The topological polar surface area (TPSA) is 111 Å². The van der Waals surface area contributed by atoms with Gasteiger partial charge in [-0.05, 0) is 19.9 Å². The molecule has 0 radical (unpaired) electrons. The van der Waals surface area contributed by atoms with Crippen molar-refractivity contribution in [2.75, 3.05) is 0 Å². The first kappa shape index (κ1) is 15.1. The van der Waals surface area contributed by atoms with Crippen molar-refractivity contribution in [3.63, 3.8) is 0 Å². The van der Waals surface area contributed by atoms with Crippen LogP contribution >= 0.6 is 0 Å². The maximum Gasteiger partial charge on any atom is 0.290 e. The second kappa shape index (κ2) is 5.75. The molecule has 3 aromatic rings. The smallest absolute Gasteiger partial charge is 0.290 e. The number of rotatable bonds is 4. The third kappa shape index (κ3) is 2.89. The van der Waals surface area contributed by atoms with E-state index in [9.17, 15) is 4.79 Å². The van der Waals surface area contributed by atoms with Crippen LogP contribution in [0.2, 0.25) is 0 Å². The highest BCUT2D eigenvalue weighted by molar-refractivity contribution is 5.91. The number of amides is 1. The highest BCUT2D eigenvalue weighted by atomic mass is 16.4. The lowest BCUT2D eigenvalue weighted by Crippen LogP contribution is -2.28. The molecule has 3 rings (SSSR count). The molecule has 9 heteroatoms. The van der Waals surface area contributed by atoms with Gasteiger partial charge in [-0.1, -0.05) is 13.8 Å². The number of carbonyl (C=O) groups excluding carboxylic acids is 1. The number of nitrogens with zero attached hydrogens (tertiary/aromatic N) is 6. The summed E-state index contributed by atoms with van der Waals surface area (Å²) in [4.78, 5) is 16.6. The fourth-order valence-electron chi connectivity index (χ4n) is 2.01. The SMILES string of the molecule is Cc1ccn2c(C(=O)N[C@@H](C)c3nnc(C(C)C)o3)nnc2n1. The van der Waals surface area contributed by atoms with Crippen molar-refractivity contribution in [1.82, 2.24) is 35.1 Å². The Balaban J connectivity index is 1.79. The number of aromatic nitrogens is 6. The number of nitrogens with one attached hydrogen (secondary N) is 1. The Morgan fingerprint density at radius 3 is 2.61 bits per heavy atom. The molecule has 23 heavy (non-hydrogen) atoms. The lowest BCUT2D eigenvalue weighted by Gasteiger charge is -2.08. The van der Waals surface area contributed by atoms with Gasteiger partial charge in [-0.15, -0.1) is 20.4 Å². The van der Waals surface area contributed by atoms with E-state index in [0.29, 0.717) is 17.6 Å². The predicted octanol–water partition coefficient (Wildman–Crippen LogP) is 1.43. The van der Waals surface area contributed by atoms with Gasteiger partial charge in [-0.2, -0.15) is 0 Å². The average molecular weight is 315 g/mol. The van der Waals surface area contributed by atoms with Crippen molar-refractivity contribution in [3.8, 4) is 0 Å². The standard InChI is InChI=1S/C14H17N7O2/c1-7(2)12-18-19-13(23-12)9(4)16-11(22)10-17-20-14-15-8(3)5-6-21(10)14/h5-7,9H,1-4H3,(H,16,22)/t9-/m0/s1. The first-order valence-electron chi connectivity index (χ1n) is 7.28. The van der Waals surface area contributed by atoms with Crippen molar-refractivity contribution in [3.05, 3.63) is 35.6 Å². The summed E-state index contributed by atoms with van der Waals surface area (Å²) in [5.74, 6) is 1.16. The molecule has 0 spiro atoms. The zero-order chi connectivity index (χ0) is 16.6. The normalized spacial score (nSPS) is 12.7. The quantitative estimate of drug-likeness (QED) is 0.775. The van der Waals surface area contributed by atoms with E-state index < -0.39 is 6.04 Å². The summed E-state index contributed by atoms with van der Waals surface area (Å²) in [6, 6.07) is 1.34. The molecule has 0 fully saturated rings. The molecule has 0 saturated heterocycles. The third-order valence-corrected chi connectivity index (χ3v) is 3.29. The van der Waals surface area contributed by atoms with Gasteiger partial charge in [-0.25, -0.2) is 4.98 Å². The maximum atomic E-state index is 12.4. The molecule has 0 aliphatic heterocycles. The zero-order valence-corrected chi connectivity index (χ0v) is 13.3. The number of aryl methyl sites for hydroxylation is 1. The fraction of sp³-hybridized carbons (Fsp3) is 0.429. The summed E-state index contributed by atoms with van der Waals surface area (Å²) < 4.78 is 7.07. The predicted molar refractivity (Wildman–Crippen MR) is 79.8 cm³/mol. The number of carbonyl (C=O) groups is 1. The minimum absolute atomic E-state index is 0.133. The molecule has 0 aromatic carbocycles. The highest BCUT2D eigenvalue weighted by Crippen LogP contribution is 2.17. The Labute approximate surface area is 132 Å². The van der Waals surface area contributed by atoms with Crippen LogP contribution in [-0.4, -0.2) is 35.7 Å². The monoisotopic (exact) mass is 315 g/mol. The first-order valence-corrected chi connectivity index (χ1v) is 7.28. The Bertz CT molecular complexity index is 852. The zero-order valence-electron chi connectivity index (χ0n) is 13.3. The molecule has 1 N–H and O–H groups in total. The summed E-state index contributed by atoms with van der Waals surface area (Å²) in [6.07, 6.45) is 1.71. The van der Waals surface area contributed by atoms with Crippen molar-refractivity contribution >= 4 is 11.7 Å². The summed E-state index contributed by atoms with van der Waals surface area (Å²) in [5.41, 5.74) is 0.803. The second-order valence-corrected chi connectivity index (χ2v) is 5.59. The van der Waals surface area contributed by atoms with Gasteiger partial charge in [-0.3, -0.25) is 9.20 Å². The summed E-state index contributed by atoms with van der Waals surface area (Å²) in [5, 5.41) is 18.5. The van der Waals surface area contributed by atoms with Crippen molar-refractivity contribution in [2.24, 2.45) is 0 Å². The van der Waals surface area contributed by atoms with Gasteiger partial charge in [0.2, 0.25) is 17.6 Å². The Kier molecular flexibility index (Phi) is 3.77. The molecule has 0 saturated carbocycles. The highest BCUT2D eigenvalue weighted by Gasteiger charge is 2.21. The van der Waals surface area contributed by atoms with Crippen LogP contribution in [0, 0.1) is 6.92 Å². The molecule has 0 aliphatic carbocycles. The molecule has 0 bridgehead atoms. The molecule has 120 valence electrons. The van der Waals surface area contributed by atoms with Crippen molar-refractivity contribution in [2.45, 2.75) is 39.7 Å². The first-order chi connectivity index (χ1) is 11.0. The van der Waals surface area contributed by atoms with E-state index in [1.54, 1.807) is 19.2 Å². The van der Waals surface area contributed by atoms with E-state index >= 15 is 0 Å². The average Bonchev–Trinajstić information content (AvgIpc) is 3.13. The van der Waals surface area contributed by atoms with Gasteiger partial charge >= 0.3 is 0 Å². The van der Waals surface area contributed by atoms with Crippen LogP contribution in [0.5, 0.6) is 0 Å². The Morgan fingerprint density at radius 2 is 1.91 bits per heavy atom. The fourth-order valence-corrected chi connectivity index (χ4v) is 2.01. The molecular formula is C14H17N7O2. The van der Waals surface area contributed by atoms with E-state index in [-0.39, 0.29) is 17.6 Å². The van der Waals surface area contributed by atoms with Gasteiger partial charge in [0.1, 0.15) is 6.04 Å². The van der Waals surface area contributed by atoms with Crippen LogP contribution < -0.4 is 5.32 Å². The van der Waals surface area contributed by atoms with Gasteiger partial charge in [0.25, 0.3) is 11.7 Å². The molecule has 9 nitrogen and oxygen atoms in total. The number of hydrogen-bond acceptors (Lipinski definition) is 7. The minimum Gasteiger partial charge on any atom is -0.423 e. The van der Waals surface area contributed by atoms with E-state index in [1.807, 2.05) is 20.8 Å². The van der Waals surface area contributed by atoms with E-state index in [2.05, 4.69) is 30.7 Å². The maximum absolute atomic E-state index is 12.4. The van der Waals surface area contributed by atoms with Crippen molar-refractivity contribution < 1.29 is 9.21 Å². The van der Waals surface area contributed by atoms with E-state index in [4.69, 9.17) is 4.42 Å². The van der Waals surface area contributed by atoms with Crippen LogP contribution in [0.15, 0.2) is 16.7 Å². The lowest BCUT2D eigenvalue weighted by atomic mass is 10.2. The largest absolute Gasteiger partial charge is 0.423 e. The number of fused-ring (bicyclic) bond motifs is 1.